The van der Waals surface area contributed by atoms with Crippen LogP contribution in [0.3, 0.4) is 0 Å². The molecule has 1 rings (SSSR count). The number of nitrogens with two attached hydrogens (primary N) is 1. The largest absolute Gasteiger partial charge is 0.496 e. The lowest BCUT2D eigenvalue weighted by Crippen LogP contribution is -2.12. The second-order valence-electron chi connectivity index (χ2n) is 3.92. The van der Waals surface area contributed by atoms with Gasteiger partial charge < -0.3 is 10.5 Å². The second-order valence-corrected chi connectivity index (χ2v) is 5.90. The molecule has 0 saturated carbocycles. The molecule has 0 aliphatic carbocycles. The summed E-state index contributed by atoms with van der Waals surface area (Å²) in [6, 6.07) is 2.95. The molecule has 0 heterocycles. The van der Waals surface area contributed by atoms with Crippen molar-refractivity contribution in [2.45, 2.75) is 24.8 Å². The van der Waals surface area contributed by atoms with Gasteiger partial charge in [0.25, 0.3) is 0 Å². The zero-order valence-electron chi connectivity index (χ0n) is 9.94. The molecule has 4 nitrogen and oxygen atoms in total. The Bertz CT molecular complexity index is 492. The van der Waals surface area contributed by atoms with Crippen molar-refractivity contribution in [1.82, 2.24) is 0 Å². The molecule has 0 saturated heterocycles. The lowest BCUT2D eigenvalue weighted by Gasteiger charge is -2.15. The summed E-state index contributed by atoms with van der Waals surface area (Å²) in [5, 5.41) is 0. The first-order chi connectivity index (χ1) is 7.27. The Kier molecular flexibility index (Phi) is 3.60. The van der Waals surface area contributed by atoms with Crippen molar-refractivity contribution in [2.75, 3.05) is 13.4 Å². The summed E-state index contributed by atoms with van der Waals surface area (Å²) in [4.78, 5) is 0.279. The van der Waals surface area contributed by atoms with E-state index in [1.54, 1.807) is 33.1 Å². The lowest BCUT2D eigenvalue weighted by molar-refractivity contribution is 0.410. The Balaban J connectivity index is 3.55. The van der Waals surface area contributed by atoms with Crippen LogP contribution in [-0.2, 0) is 9.84 Å². The molecule has 0 aromatic heterocycles. The van der Waals surface area contributed by atoms with Crippen LogP contribution in [0.5, 0.6) is 5.75 Å². The number of hydrogen-bond donors (Lipinski definition) is 1. The van der Waals surface area contributed by atoms with Crippen molar-refractivity contribution in [3.8, 4) is 5.75 Å². The van der Waals surface area contributed by atoms with Crippen molar-refractivity contribution < 1.29 is 13.2 Å². The van der Waals surface area contributed by atoms with Gasteiger partial charge in [-0.05, 0) is 37.1 Å². The van der Waals surface area contributed by atoms with Gasteiger partial charge in [-0.1, -0.05) is 0 Å². The van der Waals surface area contributed by atoms with Crippen molar-refractivity contribution in [3.05, 3.63) is 23.3 Å². The highest BCUT2D eigenvalue weighted by atomic mass is 32.2. The van der Waals surface area contributed by atoms with E-state index in [0.717, 1.165) is 5.56 Å². The fourth-order valence-corrected chi connectivity index (χ4v) is 2.64. The number of hydrogen-bond acceptors (Lipinski definition) is 4. The van der Waals surface area contributed by atoms with E-state index in [-0.39, 0.29) is 10.9 Å². The molecule has 1 aromatic rings. The van der Waals surface area contributed by atoms with Crippen LogP contribution in [0.15, 0.2) is 17.0 Å². The standard InChI is InChI=1S/C11H17NO3S/c1-7-5-11(16(4,13)14)9(8(2)12)6-10(7)15-3/h5-6,8H,12H2,1-4H3. The molecule has 0 amide bonds. The number of ether oxygens (including phenoxy) is 1. The summed E-state index contributed by atoms with van der Waals surface area (Å²) in [6.07, 6.45) is 1.18. The number of methoxy groups -OCH3 is 1. The summed E-state index contributed by atoms with van der Waals surface area (Å²) in [6.45, 7) is 3.55. The molecule has 5 heteroatoms. The third-order valence-electron chi connectivity index (χ3n) is 2.42. The highest BCUT2D eigenvalue weighted by Crippen LogP contribution is 2.29. The number of benzene rings is 1. The van der Waals surface area contributed by atoms with E-state index in [1.807, 2.05) is 0 Å². The maximum absolute atomic E-state index is 11.6. The molecular formula is C11H17NO3S. The third kappa shape index (κ3) is 2.54. The predicted molar refractivity (Wildman–Crippen MR) is 63.4 cm³/mol. The van der Waals surface area contributed by atoms with Gasteiger partial charge in [0.2, 0.25) is 0 Å². The second kappa shape index (κ2) is 4.43. The van der Waals surface area contributed by atoms with E-state index < -0.39 is 9.84 Å². The fourth-order valence-electron chi connectivity index (χ4n) is 1.57. The molecular weight excluding hydrogens is 226 g/mol. The molecule has 1 unspecified atom stereocenters. The van der Waals surface area contributed by atoms with Gasteiger partial charge in [0, 0.05) is 12.3 Å². The maximum atomic E-state index is 11.6. The minimum Gasteiger partial charge on any atom is -0.496 e. The minimum absolute atomic E-state index is 0.279. The van der Waals surface area contributed by atoms with Crippen LogP contribution in [0.1, 0.15) is 24.1 Å². The van der Waals surface area contributed by atoms with Crippen LogP contribution in [0, 0.1) is 6.92 Å². The van der Waals surface area contributed by atoms with Crippen molar-refractivity contribution in [3.63, 3.8) is 0 Å². The van der Waals surface area contributed by atoms with Gasteiger partial charge in [-0.3, -0.25) is 0 Å². The smallest absolute Gasteiger partial charge is 0.175 e. The monoisotopic (exact) mass is 243 g/mol. The van der Waals surface area contributed by atoms with Gasteiger partial charge in [0.15, 0.2) is 9.84 Å². The zero-order valence-corrected chi connectivity index (χ0v) is 10.8. The molecule has 0 bridgehead atoms. The number of rotatable bonds is 3. The summed E-state index contributed by atoms with van der Waals surface area (Å²) in [5.41, 5.74) is 7.14. The third-order valence-corrected chi connectivity index (χ3v) is 3.57. The highest BCUT2D eigenvalue weighted by molar-refractivity contribution is 7.90. The molecule has 1 atom stereocenters. The lowest BCUT2D eigenvalue weighted by atomic mass is 10.1. The van der Waals surface area contributed by atoms with Gasteiger partial charge in [0.1, 0.15) is 5.75 Å². The fraction of sp³-hybridized carbons (Fsp3) is 0.455. The SMILES string of the molecule is COc1cc(C(C)N)c(S(C)(=O)=O)cc1C. The van der Waals surface area contributed by atoms with E-state index in [4.69, 9.17) is 10.5 Å². The van der Waals surface area contributed by atoms with Gasteiger partial charge >= 0.3 is 0 Å². The van der Waals surface area contributed by atoms with E-state index >= 15 is 0 Å². The average molecular weight is 243 g/mol. The van der Waals surface area contributed by atoms with Crippen LogP contribution in [0.2, 0.25) is 0 Å². The first-order valence-electron chi connectivity index (χ1n) is 4.91. The summed E-state index contributed by atoms with van der Waals surface area (Å²) in [5.74, 6) is 0.653. The topological polar surface area (TPSA) is 69.4 Å². The zero-order chi connectivity index (χ0) is 12.5. The Morgan fingerprint density at radius 3 is 2.31 bits per heavy atom. The van der Waals surface area contributed by atoms with E-state index in [1.165, 1.54) is 6.26 Å². The van der Waals surface area contributed by atoms with Gasteiger partial charge in [0.05, 0.1) is 12.0 Å². The normalized spacial score (nSPS) is 13.6. The quantitative estimate of drug-likeness (QED) is 0.871. The van der Waals surface area contributed by atoms with Gasteiger partial charge in [-0.25, -0.2) is 8.42 Å². The van der Waals surface area contributed by atoms with Crippen molar-refractivity contribution >= 4 is 9.84 Å². The Hall–Kier alpha value is -1.07. The molecule has 0 radical (unpaired) electrons. The van der Waals surface area contributed by atoms with Gasteiger partial charge in [-0.2, -0.15) is 0 Å². The summed E-state index contributed by atoms with van der Waals surface area (Å²) in [7, 11) is -1.71. The molecule has 0 aliphatic heterocycles. The van der Waals surface area contributed by atoms with Crippen molar-refractivity contribution in [2.24, 2.45) is 5.73 Å². The van der Waals surface area contributed by atoms with Crippen molar-refractivity contribution in [1.29, 1.82) is 0 Å². The van der Waals surface area contributed by atoms with Crippen LogP contribution in [-0.4, -0.2) is 21.8 Å². The van der Waals surface area contributed by atoms with E-state index in [9.17, 15) is 8.42 Å². The summed E-state index contributed by atoms with van der Waals surface area (Å²) < 4.78 is 28.4. The van der Waals surface area contributed by atoms with E-state index in [0.29, 0.717) is 11.3 Å². The number of aryl methyl sites for hydroxylation is 1. The number of sulfone groups is 1. The van der Waals surface area contributed by atoms with Crippen LogP contribution < -0.4 is 10.5 Å². The van der Waals surface area contributed by atoms with E-state index in [2.05, 4.69) is 0 Å². The first-order valence-corrected chi connectivity index (χ1v) is 6.80. The van der Waals surface area contributed by atoms with Crippen LogP contribution >= 0.6 is 0 Å². The molecule has 0 aliphatic rings. The first kappa shape index (κ1) is 13.0. The average Bonchev–Trinajstić information content (AvgIpc) is 2.15. The Morgan fingerprint density at radius 1 is 1.38 bits per heavy atom. The molecule has 90 valence electrons. The molecule has 0 spiro atoms. The highest BCUT2D eigenvalue weighted by Gasteiger charge is 2.18. The minimum atomic E-state index is -3.26. The van der Waals surface area contributed by atoms with Crippen LogP contribution in [0.25, 0.3) is 0 Å². The molecule has 16 heavy (non-hydrogen) atoms. The Morgan fingerprint density at radius 2 is 1.94 bits per heavy atom. The predicted octanol–water partition coefficient (Wildman–Crippen LogP) is 1.43. The molecule has 1 aromatic carbocycles. The maximum Gasteiger partial charge on any atom is 0.175 e. The summed E-state index contributed by atoms with van der Waals surface area (Å²) >= 11 is 0. The Labute approximate surface area is 96.3 Å². The molecule has 2 N–H and O–H groups in total. The van der Waals surface area contributed by atoms with Crippen LogP contribution in [0.4, 0.5) is 0 Å². The molecule has 0 fully saturated rings. The van der Waals surface area contributed by atoms with Gasteiger partial charge in [-0.15, -0.1) is 0 Å².